The molecular formula is C28H25N5O3S. The Morgan fingerprint density at radius 1 is 0.946 bits per heavy atom. The maximum absolute atomic E-state index is 13.5. The lowest BCUT2D eigenvalue weighted by molar-refractivity contribution is -0.384. The van der Waals surface area contributed by atoms with E-state index in [9.17, 15) is 14.9 Å². The van der Waals surface area contributed by atoms with Gasteiger partial charge in [-0.05, 0) is 49.2 Å². The number of nitro groups is 1. The van der Waals surface area contributed by atoms with Gasteiger partial charge < -0.3 is 4.57 Å². The molecule has 0 fully saturated rings. The normalized spacial score (nSPS) is 12.6. The summed E-state index contributed by atoms with van der Waals surface area (Å²) in [6, 6.07) is 25.9. The minimum absolute atomic E-state index is 0.0351. The zero-order valence-corrected chi connectivity index (χ0v) is 21.4. The van der Waals surface area contributed by atoms with Crippen LogP contribution in [-0.2, 0) is 7.05 Å². The maximum atomic E-state index is 13.5. The van der Waals surface area contributed by atoms with Gasteiger partial charge in [0.25, 0.3) is 11.2 Å². The SMILES string of the molecule is Cc1c(N=c2scc(-c3ccc([N+](=O)[O-])cc3)n2C(C)c2ccccc2)c(=O)n(-c2ccccc2)n1C. The van der Waals surface area contributed by atoms with Crippen molar-refractivity contribution >= 4 is 22.7 Å². The highest BCUT2D eigenvalue weighted by Crippen LogP contribution is 2.29. The topological polar surface area (TPSA) is 87.4 Å². The number of hydrogen-bond acceptors (Lipinski definition) is 5. The molecule has 37 heavy (non-hydrogen) atoms. The Kier molecular flexibility index (Phi) is 6.45. The minimum atomic E-state index is -0.408. The maximum Gasteiger partial charge on any atom is 0.297 e. The van der Waals surface area contributed by atoms with Crippen molar-refractivity contribution in [3.05, 3.63) is 127 Å². The van der Waals surface area contributed by atoms with Gasteiger partial charge in [0, 0.05) is 24.6 Å². The molecule has 0 bridgehead atoms. The first-order valence-electron chi connectivity index (χ1n) is 11.8. The van der Waals surface area contributed by atoms with Gasteiger partial charge in [-0.3, -0.25) is 19.6 Å². The summed E-state index contributed by atoms with van der Waals surface area (Å²) in [5.41, 5.74) is 4.50. The quantitative estimate of drug-likeness (QED) is 0.214. The summed E-state index contributed by atoms with van der Waals surface area (Å²) in [5.74, 6) is 0. The van der Waals surface area contributed by atoms with Crippen LogP contribution in [0.15, 0.2) is 100 Å². The van der Waals surface area contributed by atoms with E-state index >= 15 is 0 Å². The standard InChI is InChI=1S/C28H25N5O3S/c1-19(21-10-6-4-7-11-21)31-25(22-14-16-24(17-15-22)33(35)36)18-37-28(31)29-26-20(2)30(3)32(27(26)34)23-12-8-5-9-13-23/h4-19H,1-3H3. The van der Waals surface area contributed by atoms with Crippen molar-refractivity contribution in [1.29, 1.82) is 0 Å². The molecule has 0 aliphatic rings. The molecule has 0 spiro atoms. The molecule has 5 aromatic rings. The number of benzene rings is 3. The second-order valence-corrected chi connectivity index (χ2v) is 9.52. The second kappa shape index (κ2) is 9.87. The van der Waals surface area contributed by atoms with Crippen LogP contribution in [0.4, 0.5) is 11.4 Å². The van der Waals surface area contributed by atoms with Gasteiger partial charge in [-0.1, -0.05) is 48.5 Å². The molecule has 1 atom stereocenters. The molecule has 0 aliphatic carbocycles. The summed E-state index contributed by atoms with van der Waals surface area (Å²) >= 11 is 1.43. The number of thiazole rings is 1. The lowest BCUT2D eigenvalue weighted by atomic mass is 10.1. The van der Waals surface area contributed by atoms with Crippen molar-refractivity contribution in [3.63, 3.8) is 0 Å². The molecule has 3 aromatic carbocycles. The molecule has 2 aromatic heterocycles. The molecule has 8 nitrogen and oxygen atoms in total. The molecule has 1 unspecified atom stereocenters. The molecule has 9 heteroatoms. The van der Waals surface area contributed by atoms with Gasteiger partial charge in [0.2, 0.25) is 0 Å². The number of para-hydroxylation sites is 1. The average molecular weight is 512 g/mol. The van der Waals surface area contributed by atoms with Crippen LogP contribution in [0.25, 0.3) is 16.9 Å². The van der Waals surface area contributed by atoms with E-state index in [0.29, 0.717) is 10.5 Å². The van der Waals surface area contributed by atoms with Crippen LogP contribution in [0.2, 0.25) is 0 Å². The first-order valence-corrected chi connectivity index (χ1v) is 12.6. The van der Waals surface area contributed by atoms with E-state index in [1.54, 1.807) is 16.8 Å². The molecule has 5 rings (SSSR count). The van der Waals surface area contributed by atoms with Crippen molar-refractivity contribution in [2.75, 3.05) is 0 Å². The average Bonchev–Trinajstić information content (AvgIpc) is 3.43. The van der Waals surface area contributed by atoms with Crippen LogP contribution in [0.3, 0.4) is 0 Å². The van der Waals surface area contributed by atoms with Gasteiger partial charge in [-0.15, -0.1) is 11.3 Å². The first kappa shape index (κ1) is 24.2. The molecule has 0 radical (unpaired) electrons. The predicted octanol–water partition coefficient (Wildman–Crippen LogP) is 5.76. The Bertz CT molecular complexity index is 1700. The van der Waals surface area contributed by atoms with Gasteiger partial charge in [0.1, 0.15) is 0 Å². The fraction of sp³-hybridized carbons (Fsp3) is 0.143. The Morgan fingerprint density at radius 2 is 1.57 bits per heavy atom. The number of non-ortho nitro benzene ring substituents is 1. The number of nitrogens with zero attached hydrogens (tertiary/aromatic N) is 5. The van der Waals surface area contributed by atoms with Gasteiger partial charge >= 0.3 is 0 Å². The highest BCUT2D eigenvalue weighted by atomic mass is 32.1. The molecular weight excluding hydrogens is 486 g/mol. The second-order valence-electron chi connectivity index (χ2n) is 8.69. The van der Waals surface area contributed by atoms with Gasteiger partial charge in [0.05, 0.1) is 28.0 Å². The summed E-state index contributed by atoms with van der Waals surface area (Å²) < 4.78 is 5.51. The van der Waals surface area contributed by atoms with E-state index in [0.717, 1.165) is 28.2 Å². The Labute approximate surface area is 217 Å². The van der Waals surface area contributed by atoms with Crippen molar-refractivity contribution in [2.24, 2.45) is 12.0 Å². The van der Waals surface area contributed by atoms with E-state index in [-0.39, 0.29) is 17.3 Å². The summed E-state index contributed by atoms with van der Waals surface area (Å²) in [7, 11) is 1.85. The van der Waals surface area contributed by atoms with Crippen LogP contribution in [0.5, 0.6) is 0 Å². The van der Waals surface area contributed by atoms with E-state index in [1.807, 2.05) is 72.6 Å². The highest BCUT2D eigenvalue weighted by molar-refractivity contribution is 7.07. The summed E-state index contributed by atoms with van der Waals surface area (Å²) in [5, 5.41) is 13.1. The molecule has 2 heterocycles. The zero-order chi connectivity index (χ0) is 26.1. The van der Waals surface area contributed by atoms with Crippen LogP contribution in [0, 0.1) is 17.0 Å². The molecule has 186 valence electrons. The Balaban J connectivity index is 1.72. The molecule has 0 saturated heterocycles. The predicted molar refractivity (Wildman–Crippen MR) is 146 cm³/mol. The number of nitro benzene ring substituents is 1. The lowest BCUT2D eigenvalue weighted by Gasteiger charge is -2.18. The number of rotatable bonds is 6. The molecule has 0 aliphatic heterocycles. The highest BCUT2D eigenvalue weighted by Gasteiger charge is 2.19. The van der Waals surface area contributed by atoms with Crippen LogP contribution in [0.1, 0.15) is 24.2 Å². The van der Waals surface area contributed by atoms with Gasteiger partial charge in [0.15, 0.2) is 10.5 Å². The summed E-state index contributed by atoms with van der Waals surface area (Å²) in [6.45, 7) is 3.96. The largest absolute Gasteiger partial charge is 0.309 e. The van der Waals surface area contributed by atoms with Crippen molar-refractivity contribution < 1.29 is 4.92 Å². The monoisotopic (exact) mass is 511 g/mol. The third-order valence-electron chi connectivity index (χ3n) is 6.52. The number of hydrogen-bond donors (Lipinski definition) is 0. The third-order valence-corrected chi connectivity index (χ3v) is 7.36. The molecule has 0 saturated carbocycles. The summed E-state index contributed by atoms with van der Waals surface area (Å²) in [4.78, 5) is 29.8. The smallest absolute Gasteiger partial charge is 0.297 e. The Morgan fingerprint density at radius 3 is 2.19 bits per heavy atom. The molecule has 0 N–H and O–H groups in total. The van der Waals surface area contributed by atoms with Crippen LogP contribution < -0.4 is 10.4 Å². The van der Waals surface area contributed by atoms with Crippen molar-refractivity contribution in [1.82, 2.24) is 13.9 Å². The third kappa shape index (κ3) is 4.45. The van der Waals surface area contributed by atoms with E-state index in [2.05, 4.69) is 23.6 Å². The first-order chi connectivity index (χ1) is 17.9. The molecule has 0 amide bonds. The van der Waals surface area contributed by atoms with Crippen LogP contribution >= 0.6 is 11.3 Å². The van der Waals surface area contributed by atoms with Gasteiger partial charge in [-0.2, -0.15) is 0 Å². The van der Waals surface area contributed by atoms with Crippen LogP contribution in [-0.4, -0.2) is 18.9 Å². The van der Waals surface area contributed by atoms with E-state index < -0.39 is 4.92 Å². The zero-order valence-electron chi connectivity index (χ0n) is 20.6. The Hall–Kier alpha value is -4.50. The lowest BCUT2D eigenvalue weighted by Crippen LogP contribution is -2.22. The van der Waals surface area contributed by atoms with Gasteiger partial charge in [-0.25, -0.2) is 9.67 Å². The summed E-state index contributed by atoms with van der Waals surface area (Å²) in [6.07, 6.45) is 0. The van der Waals surface area contributed by atoms with Crippen molar-refractivity contribution in [3.8, 4) is 16.9 Å². The fourth-order valence-electron chi connectivity index (χ4n) is 4.40. The van der Waals surface area contributed by atoms with E-state index in [1.165, 1.54) is 23.5 Å². The van der Waals surface area contributed by atoms with Crippen molar-refractivity contribution in [2.45, 2.75) is 19.9 Å². The fourth-order valence-corrected chi connectivity index (χ4v) is 5.38. The van der Waals surface area contributed by atoms with E-state index in [4.69, 9.17) is 4.99 Å². The number of aromatic nitrogens is 3. The minimum Gasteiger partial charge on any atom is -0.309 e.